The molecule has 0 aromatic heterocycles. The number of carbonyl (C=O) groups excluding carboxylic acids is 1. The van der Waals surface area contributed by atoms with E-state index in [2.05, 4.69) is 0 Å². The van der Waals surface area contributed by atoms with Crippen LogP contribution in [0.15, 0.2) is 72.8 Å². The van der Waals surface area contributed by atoms with E-state index in [9.17, 15) is 9.90 Å². The van der Waals surface area contributed by atoms with Gasteiger partial charge in [-0.05, 0) is 28.8 Å². The molecule has 3 aromatic carbocycles. The monoisotopic (exact) mass is 374 g/mol. The summed E-state index contributed by atoms with van der Waals surface area (Å²) in [5, 5.41) is 9.40. The van der Waals surface area contributed by atoms with Crippen LogP contribution in [0.5, 0.6) is 5.75 Å². The molecule has 0 saturated heterocycles. The molecule has 0 radical (unpaired) electrons. The van der Waals surface area contributed by atoms with Crippen molar-refractivity contribution in [2.24, 2.45) is 5.73 Å². The largest absolute Gasteiger partial charge is 0.508 e. The Kier molecular flexibility index (Phi) is 4.75. The number of carbonyl (C=O) groups is 1. The van der Waals surface area contributed by atoms with Crippen LogP contribution in [0.2, 0.25) is 0 Å². The molecule has 0 spiro atoms. The molecule has 1 unspecified atom stereocenters. The fourth-order valence-electron chi connectivity index (χ4n) is 3.62. The third-order valence-electron chi connectivity index (χ3n) is 5.10. The quantitative estimate of drug-likeness (QED) is 0.716. The topological polar surface area (TPSA) is 75.8 Å². The Morgan fingerprint density at radius 1 is 1.00 bits per heavy atom. The van der Waals surface area contributed by atoms with Crippen LogP contribution in [0.1, 0.15) is 28.8 Å². The predicted octanol–water partition coefficient (Wildman–Crippen LogP) is 4.23. The predicted molar refractivity (Wildman–Crippen MR) is 108 cm³/mol. The number of benzene rings is 3. The standard InChI is InChI=1S/C23H22N2O3/c1-25(14-21(24)15-10-12-16(26)13-11-15)23(27)28-22-19-8-4-2-6-17(19)18-7-3-5-9-20(18)22/h2-13,21-22,26H,14,24H2,1H3. The number of phenolic OH excluding ortho intramolecular Hbond substituents is 1. The number of phenols is 1. The van der Waals surface area contributed by atoms with Gasteiger partial charge in [-0.25, -0.2) is 4.79 Å². The second-order valence-corrected chi connectivity index (χ2v) is 7.02. The van der Waals surface area contributed by atoms with Gasteiger partial charge >= 0.3 is 6.09 Å². The van der Waals surface area contributed by atoms with Crippen molar-refractivity contribution in [2.75, 3.05) is 13.6 Å². The number of nitrogens with two attached hydrogens (primary N) is 1. The summed E-state index contributed by atoms with van der Waals surface area (Å²) in [5.74, 6) is 0.183. The van der Waals surface area contributed by atoms with Crippen molar-refractivity contribution in [1.29, 1.82) is 0 Å². The minimum Gasteiger partial charge on any atom is -0.508 e. The van der Waals surface area contributed by atoms with Gasteiger partial charge in [-0.3, -0.25) is 0 Å². The maximum Gasteiger partial charge on any atom is 0.410 e. The first-order valence-electron chi connectivity index (χ1n) is 9.19. The summed E-state index contributed by atoms with van der Waals surface area (Å²) in [7, 11) is 1.68. The van der Waals surface area contributed by atoms with Crippen molar-refractivity contribution in [2.45, 2.75) is 12.1 Å². The second kappa shape index (κ2) is 7.37. The van der Waals surface area contributed by atoms with E-state index in [1.165, 1.54) is 4.90 Å². The summed E-state index contributed by atoms with van der Waals surface area (Å²) in [5.41, 5.74) is 11.2. The zero-order valence-electron chi connectivity index (χ0n) is 15.6. The minimum atomic E-state index is -0.425. The molecule has 3 N–H and O–H groups in total. The van der Waals surface area contributed by atoms with Gasteiger partial charge in [0.1, 0.15) is 5.75 Å². The van der Waals surface area contributed by atoms with E-state index in [4.69, 9.17) is 10.5 Å². The van der Waals surface area contributed by atoms with Crippen molar-refractivity contribution < 1.29 is 14.6 Å². The van der Waals surface area contributed by atoms with E-state index in [1.807, 2.05) is 48.5 Å². The molecule has 1 atom stereocenters. The molecule has 0 saturated carbocycles. The zero-order chi connectivity index (χ0) is 19.7. The SMILES string of the molecule is CN(CC(N)c1ccc(O)cc1)C(=O)OC1c2ccccc2-c2ccccc21. The Morgan fingerprint density at radius 3 is 2.11 bits per heavy atom. The van der Waals surface area contributed by atoms with Gasteiger partial charge in [0.05, 0.1) is 0 Å². The van der Waals surface area contributed by atoms with Crippen LogP contribution in [-0.2, 0) is 4.74 Å². The van der Waals surface area contributed by atoms with Crippen LogP contribution < -0.4 is 5.73 Å². The van der Waals surface area contributed by atoms with Gasteiger partial charge in [-0.15, -0.1) is 0 Å². The summed E-state index contributed by atoms with van der Waals surface area (Å²) in [6, 6.07) is 22.3. The Labute approximate surface area is 164 Å². The highest BCUT2D eigenvalue weighted by Crippen LogP contribution is 2.45. The molecule has 4 rings (SSSR count). The second-order valence-electron chi connectivity index (χ2n) is 7.02. The molecule has 1 aliphatic carbocycles. The number of fused-ring (bicyclic) bond motifs is 3. The first kappa shape index (κ1) is 18.1. The summed E-state index contributed by atoms with van der Waals surface area (Å²) in [6.07, 6.45) is -0.849. The van der Waals surface area contributed by atoms with Crippen LogP contribution in [0.4, 0.5) is 4.79 Å². The van der Waals surface area contributed by atoms with Crippen molar-refractivity contribution in [3.63, 3.8) is 0 Å². The maximum atomic E-state index is 12.7. The highest BCUT2D eigenvalue weighted by Gasteiger charge is 2.32. The third-order valence-corrected chi connectivity index (χ3v) is 5.10. The first-order valence-corrected chi connectivity index (χ1v) is 9.19. The summed E-state index contributed by atoms with van der Waals surface area (Å²) in [6.45, 7) is 0.305. The van der Waals surface area contributed by atoms with E-state index in [-0.39, 0.29) is 11.8 Å². The van der Waals surface area contributed by atoms with Gasteiger partial charge in [0.2, 0.25) is 0 Å². The van der Waals surface area contributed by atoms with Crippen molar-refractivity contribution in [3.05, 3.63) is 89.5 Å². The third kappa shape index (κ3) is 3.32. The molecule has 28 heavy (non-hydrogen) atoms. The molecule has 1 aliphatic rings. The number of nitrogens with zero attached hydrogens (tertiary/aromatic N) is 1. The smallest absolute Gasteiger partial charge is 0.410 e. The summed E-state index contributed by atoms with van der Waals surface area (Å²) < 4.78 is 5.87. The number of rotatable bonds is 4. The van der Waals surface area contributed by atoms with E-state index in [0.717, 1.165) is 27.8 Å². The average molecular weight is 374 g/mol. The van der Waals surface area contributed by atoms with Gasteiger partial charge < -0.3 is 20.5 Å². The number of hydrogen-bond acceptors (Lipinski definition) is 4. The normalized spacial score (nSPS) is 13.5. The molecule has 5 nitrogen and oxygen atoms in total. The number of likely N-dealkylation sites (N-methyl/N-ethyl adjacent to an activating group) is 1. The molecule has 0 aliphatic heterocycles. The molecule has 0 bridgehead atoms. The van der Waals surface area contributed by atoms with Gasteiger partial charge in [0, 0.05) is 30.8 Å². The van der Waals surface area contributed by atoms with E-state index in [1.54, 1.807) is 31.3 Å². The lowest BCUT2D eigenvalue weighted by Gasteiger charge is -2.24. The molecule has 1 amide bonds. The minimum absolute atomic E-state index is 0.183. The fraction of sp³-hybridized carbons (Fsp3) is 0.174. The first-order chi connectivity index (χ1) is 13.5. The zero-order valence-corrected chi connectivity index (χ0v) is 15.6. The Hall–Kier alpha value is -3.31. The molecular formula is C23H22N2O3. The number of hydrogen-bond donors (Lipinski definition) is 2. The molecule has 0 fully saturated rings. The van der Waals surface area contributed by atoms with Crippen molar-refractivity contribution in [1.82, 2.24) is 4.90 Å². The van der Waals surface area contributed by atoms with Crippen LogP contribution in [0, 0.1) is 0 Å². The maximum absolute atomic E-state index is 12.7. The van der Waals surface area contributed by atoms with E-state index < -0.39 is 12.2 Å². The van der Waals surface area contributed by atoms with Gasteiger partial charge in [-0.2, -0.15) is 0 Å². The molecule has 0 heterocycles. The molecule has 5 heteroatoms. The van der Waals surface area contributed by atoms with Crippen LogP contribution in [0.25, 0.3) is 11.1 Å². The lowest BCUT2D eigenvalue weighted by molar-refractivity contribution is 0.0846. The van der Waals surface area contributed by atoms with Crippen molar-refractivity contribution >= 4 is 6.09 Å². The average Bonchev–Trinajstić information content (AvgIpc) is 3.02. The van der Waals surface area contributed by atoms with Gasteiger partial charge in [0.15, 0.2) is 6.10 Å². The highest BCUT2D eigenvalue weighted by atomic mass is 16.6. The van der Waals surface area contributed by atoms with Crippen LogP contribution in [-0.4, -0.2) is 29.7 Å². The fourth-order valence-corrected chi connectivity index (χ4v) is 3.62. The van der Waals surface area contributed by atoms with E-state index in [0.29, 0.717) is 6.54 Å². The number of amides is 1. The van der Waals surface area contributed by atoms with Gasteiger partial charge in [0.25, 0.3) is 0 Å². The van der Waals surface area contributed by atoms with E-state index >= 15 is 0 Å². The molecule has 3 aromatic rings. The van der Waals surface area contributed by atoms with Crippen LogP contribution >= 0.6 is 0 Å². The van der Waals surface area contributed by atoms with Gasteiger partial charge in [-0.1, -0.05) is 60.7 Å². The highest BCUT2D eigenvalue weighted by molar-refractivity contribution is 5.79. The number of ether oxygens (including phenoxy) is 1. The summed E-state index contributed by atoms with van der Waals surface area (Å²) >= 11 is 0. The van der Waals surface area contributed by atoms with Crippen molar-refractivity contribution in [3.8, 4) is 16.9 Å². The lowest BCUT2D eigenvalue weighted by Crippen LogP contribution is -2.35. The Morgan fingerprint density at radius 2 is 1.54 bits per heavy atom. The van der Waals surface area contributed by atoms with Crippen LogP contribution in [0.3, 0.4) is 0 Å². The number of aromatic hydroxyl groups is 1. The molecular weight excluding hydrogens is 352 g/mol. The molecule has 142 valence electrons. The lowest BCUT2D eigenvalue weighted by atomic mass is 10.1. The Bertz CT molecular complexity index is 955. The summed E-state index contributed by atoms with van der Waals surface area (Å²) in [4.78, 5) is 14.2. The Balaban J connectivity index is 1.49.